The molecule has 0 aliphatic heterocycles. The van der Waals surface area contributed by atoms with Gasteiger partial charge in [-0.05, 0) is 42.5 Å². The van der Waals surface area contributed by atoms with Crippen molar-refractivity contribution in [2.75, 3.05) is 25.2 Å². The van der Waals surface area contributed by atoms with Crippen molar-refractivity contribution < 1.29 is 13.2 Å². The van der Waals surface area contributed by atoms with E-state index in [4.69, 9.17) is 0 Å². The molecule has 152 valence electrons. The third-order valence-electron chi connectivity index (χ3n) is 3.94. The molecule has 0 saturated heterocycles. The first kappa shape index (κ1) is 21.6. The third-order valence-corrected chi connectivity index (χ3v) is 7.25. The molecular formula is C19H19BrN4O3S2. The van der Waals surface area contributed by atoms with Gasteiger partial charge < -0.3 is 5.32 Å². The molecule has 7 nitrogen and oxygen atoms in total. The van der Waals surface area contributed by atoms with Gasteiger partial charge in [-0.1, -0.05) is 33.8 Å². The summed E-state index contributed by atoms with van der Waals surface area (Å²) >= 11 is 4.71. The summed E-state index contributed by atoms with van der Waals surface area (Å²) in [4.78, 5) is 16.8. The first-order valence-corrected chi connectivity index (χ1v) is 11.7. The molecule has 29 heavy (non-hydrogen) atoms. The number of carbonyl (C=O) groups excluding carboxylic acids is 1. The molecule has 0 aliphatic carbocycles. The van der Waals surface area contributed by atoms with Crippen molar-refractivity contribution >= 4 is 49.3 Å². The fraction of sp³-hybridized carbons (Fsp3) is 0.158. The molecule has 10 heteroatoms. The summed E-state index contributed by atoms with van der Waals surface area (Å²) in [6, 6.07) is 14.0. The van der Waals surface area contributed by atoms with E-state index in [0.717, 1.165) is 14.5 Å². The number of hydrogen-bond acceptors (Lipinski definition) is 5. The Hall–Kier alpha value is -2.14. The van der Waals surface area contributed by atoms with Gasteiger partial charge in [-0.25, -0.2) is 17.7 Å². The predicted molar refractivity (Wildman–Crippen MR) is 118 cm³/mol. The van der Waals surface area contributed by atoms with Crippen LogP contribution in [0.25, 0.3) is 5.69 Å². The van der Waals surface area contributed by atoms with Crippen LogP contribution in [0.2, 0.25) is 0 Å². The SMILES string of the molecule is CN(C)S(=O)(=O)c1cccc(NC(=O)CSc2nccn2-c2ccc(Br)cc2)c1. The number of amides is 1. The van der Waals surface area contributed by atoms with Crippen molar-refractivity contribution in [3.05, 3.63) is 65.4 Å². The van der Waals surface area contributed by atoms with Crippen LogP contribution < -0.4 is 5.32 Å². The molecule has 0 aliphatic rings. The Balaban J connectivity index is 1.66. The summed E-state index contributed by atoms with van der Waals surface area (Å²) in [5.74, 6) is -0.113. The predicted octanol–water partition coefficient (Wildman–Crippen LogP) is 3.62. The number of anilines is 1. The highest BCUT2D eigenvalue weighted by Crippen LogP contribution is 2.23. The highest BCUT2D eigenvalue weighted by atomic mass is 79.9. The quantitative estimate of drug-likeness (QED) is 0.507. The molecule has 1 amide bonds. The molecular weight excluding hydrogens is 476 g/mol. The normalized spacial score (nSPS) is 11.6. The van der Waals surface area contributed by atoms with Gasteiger partial charge in [0.05, 0.1) is 10.6 Å². The van der Waals surface area contributed by atoms with E-state index in [0.29, 0.717) is 10.8 Å². The van der Waals surface area contributed by atoms with Crippen LogP contribution in [-0.2, 0) is 14.8 Å². The lowest BCUT2D eigenvalue weighted by Gasteiger charge is -2.12. The second kappa shape index (κ2) is 9.12. The van der Waals surface area contributed by atoms with Crippen molar-refractivity contribution in [2.24, 2.45) is 0 Å². The van der Waals surface area contributed by atoms with Crippen LogP contribution in [0.1, 0.15) is 0 Å². The average molecular weight is 495 g/mol. The van der Waals surface area contributed by atoms with Gasteiger partial charge in [0.2, 0.25) is 15.9 Å². The number of benzene rings is 2. The van der Waals surface area contributed by atoms with Crippen molar-refractivity contribution in [1.82, 2.24) is 13.9 Å². The van der Waals surface area contributed by atoms with Gasteiger partial charge in [0.1, 0.15) is 0 Å². The van der Waals surface area contributed by atoms with Crippen LogP contribution in [0.3, 0.4) is 0 Å². The molecule has 1 heterocycles. The molecule has 0 atom stereocenters. The Morgan fingerprint density at radius 1 is 1.21 bits per heavy atom. The van der Waals surface area contributed by atoms with Crippen molar-refractivity contribution in [3.8, 4) is 5.69 Å². The highest BCUT2D eigenvalue weighted by Gasteiger charge is 2.17. The summed E-state index contributed by atoms with van der Waals surface area (Å²) < 4.78 is 28.5. The van der Waals surface area contributed by atoms with Gasteiger partial charge in [0.25, 0.3) is 0 Å². The Bertz CT molecular complexity index is 1110. The van der Waals surface area contributed by atoms with Crippen LogP contribution in [-0.4, -0.2) is 48.0 Å². The van der Waals surface area contributed by atoms with E-state index in [2.05, 4.69) is 26.2 Å². The van der Waals surface area contributed by atoms with Gasteiger partial charge >= 0.3 is 0 Å². The van der Waals surface area contributed by atoms with E-state index < -0.39 is 10.0 Å². The Labute approximate surface area is 182 Å². The van der Waals surface area contributed by atoms with Gasteiger partial charge in [-0.2, -0.15) is 0 Å². The Kier molecular flexibility index (Phi) is 6.78. The number of halogens is 1. The van der Waals surface area contributed by atoms with Crippen LogP contribution in [0.15, 0.2) is 75.4 Å². The summed E-state index contributed by atoms with van der Waals surface area (Å²) in [5, 5.41) is 3.42. The van der Waals surface area contributed by atoms with Gasteiger partial charge in [0, 0.05) is 42.3 Å². The minimum atomic E-state index is -3.56. The summed E-state index contributed by atoms with van der Waals surface area (Å²) in [6.07, 6.45) is 3.51. The van der Waals surface area contributed by atoms with Gasteiger partial charge in [-0.3, -0.25) is 9.36 Å². The lowest BCUT2D eigenvalue weighted by molar-refractivity contribution is -0.113. The molecule has 3 aromatic rings. The molecule has 1 N–H and O–H groups in total. The topological polar surface area (TPSA) is 84.3 Å². The molecule has 0 fully saturated rings. The summed E-state index contributed by atoms with van der Waals surface area (Å²) in [5.41, 5.74) is 1.37. The number of imidazole rings is 1. The van der Waals surface area contributed by atoms with Crippen LogP contribution in [0.4, 0.5) is 5.69 Å². The maximum Gasteiger partial charge on any atom is 0.242 e. The molecule has 2 aromatic carbocycles. The molecule has 0 bridgehead atoms. The van der Waals surface area contributed by atoms with E-state index in [1.807, 2.05) is 35.0 Å². The minimum absolute atomic E-state index is 0.124. The number of sulfonamides is 1. The van der Waals surface area contributed by atoms with Crippen LogP contribution in [0, 0.1) is 0 Å². The summed E-state index contributed by atoms with van der Waals surface area (Å²) in [7, 11) is -0.636. The molecule has 0 unspecified atom stereocenters. The first-order valence-electron chi connectivity index (χ1n) is 8.52. The van der Waals surface area contributed by atoms with Crippen LogP contribution >= 0.6 is 27.7 Å². The van der Waals surface area contributed by atoms with E-state index in [1.54, 1.807) is 18.3 Å². The van der Waals surface area contributed by atoms with Gasteiger partial charge in [-0.15, -0.1) is 0 Å². The second-order valence-electron chi connectivity index (χ2n) is 6.21. The zero-order valence-electron chi connectivity index (χ0n) is 15.7. The van der Waals surface area contributed by atoms with E-state index in [-0.39, 0.29) is 16.6 Å². The van der Waals surface area contributed by atoms with Crippen LogP contribution in [0.5, 0.6) is 0 Å². The van der Waals surface area contributed by atoms with E-state index >= 15 is 0 Å². The summed E-state index contributed by atoms with van der Waals surface area (Å²) in [6.45, 7) is 0. The standard InChI is InChI=1S/C19H19BrN4O3S2/c1-23(2)29(26,27)17-5-3-4-15(12-17)22-18(25)13-28-19-21-10-11-24(19)16-8-6-14(20)7-9-16/h3-12H,13H2,1-2H3,(H,22,25). The second-order valence-corrected chi connectivity index (χ2v) is 10.2. The monoisotopic (exact) mass is 494 g/mol. The van der Waals surface area contributed by atoms with Crippen molar-refractivity contribution in [3.63, 3.8) is 0 Å². The molecule has 0 spiro atoms. The number of aromatic nitrogens is 2. The number of nitrogens with one attached hydrogen (secondary N) is 1. The number of nitrogens with zero attached hydrogens (tertiary/aromatic N) is 3. The third kappa shape index (κ3) is 5.27. The molecule has 1 aromatic heterocycles. The lowest BCUT2D eigenvalue weighted by atomic mass is 10.3. The lowest BCUT2D eigenvalue weighted by Crippen LogP contribution is -2.22. The molecule has 0 saturated carbocycles. The maximum absolute atomic E-state index is 12.4. The smallest absolute Gasteiger partial charge is 0.242 e. The van der Waals surface area contributed by atoms with Crippen molar-refractivity contribution in [1.29, 1.82) is 0 Å². The van der Waals surface area contributed by atoms with E-state index in [1.165, 1.54) is 38.0 Å². The average Bonchev–Trinajstić information content (AvgIpc) is 3.15. The maximum atomic E-state index is 12.4. The fourth-order valence-electron chi connectivity index (χ4n) is 2.47. The van der Waals surface area contributed by atoms with E-state index in [9.17, 15) is 13.2 Å². The zero-order chi connectivity index (χ0) is 21.0. The number of hydrogen-bond donors (Lipinski definition) is 1. The number of carbonyl (C=O) groups is 1. The fourth-order valence-corrected chi connectivity index (χ4v) is 4.45. The Morgan fingerprint density at radius 2 is 1.93 bits per heavy atom. The minimum Gasteiger partial charge on any atom is -0.325 e. The highest BCUT2D eigenvalue weighted by molar-refractivity contribution is 9.10. The molecule has 3 rings (SSSR count). The number of rotatable bonds is 7. The largest absolute Gasteiger partial charge is 0.325 e. The van der Waals surface area contributed by atoms with Crippen molar-refractivity contribution in [2.45, 2.75) is 10.1 Å². The van der Waals surface area contributed by atoms with Gasteiger partial charge in [0.15, 0.2) is 5.16 Å². The Morgan fingerprint density at radius 3 is 2.62 bits per heavy atom. The number of thioether (sulfide) groups is 1. The first-order chi connectivity index (χ1) is 13.8. The molecule has 0 radical (unpaired) electrons. The zero-order valence-corrected chi connectivity index (χ0v) is 19.0.